The second-order valence-electron chi connectivity index (χ2n) is 7.95. The van der Waals surface area contributed by atoms with Crippen LogP contribution in [0, 0.1) is 0 Å². The number of hydrogen-bond donors (Lipinski definition) is 2. The summed E-state index contributed by atoms with van der Waals surface area (Å²) in [5.74, 6) is 0.275. The Morgan fingerprint density at radius 3 is 2.24 bits per heavy atom. The second-order valence-corrected chi connectivity index (χ2v) is 7.95. The molecule has 0 unspecified atom stereocenters. The fourth-order valence-electron chi connectivity index (χ4n) is 2.74. The van der Waals surface area contributed by atoms with Gasteiger partial charge in [0.1, 0.15) is 24.4 Å². The number of ether oxygens (including phenoxy) is 2. The summed E-state index contributed by atoms with van der Waals surface area (Å²) >= 11 is 0. The summed E-state index contributed by atoms with van der Waals surface area (Å²) in [5.41, 5.74) is 1.33. The van der Waals surface area contributed by atoms with Crippen LogP contribution in [0.1, 0.15) is 26.3 Å². The van der Waals surface area contributed by atoms with E-state index >= 15 is 0 Å². The standard InChI is InChI=1S/C24H26N4O4.ClH/c1-24(2,3)32-20(29)15-26-22-19(14-25-21(28-22)18-12-8-5-9-13-18)27-23(30)31-16-17-10-6-4-7-11-17;/h4-14H,15-16H2,1-3H3,(H,27,30)(H,25,26,28);1H. The molecule has 1 aromatic heterocycles. The van der Waals surface area contributed by atoms with E-state index in [0.29, 0.717) is 5.82 Å². The minimum Gasteiger partial charge on any atom is -0.459 e. The van der Waals surface area contributed by atoms with E-state index in [-0.39, 0.29) is 37.1 Å². The molecule has 33 heavy (non-hydrogen) atoms. The average molecular weight is 471 g/mol. The maximum absolute atomic E-state index is 12.3. The molecule has 0 radical (unpaired) electrons. The lowest BCUT2D eigenvalue weighted by Gasteiger charge is -2.20. The van der Waals surface area contributed by atoms with Crippen molar-refractivity contribution in [3.63, 3.8) is 0 Å². The van der Waals surface area contributed by atoms with Gasteiger partial charge in [-0.2, -0.15) is 0 Å². The van der Waals surface area contributed by atoms with E-state index in [1.807, 2.05) is 60.7 Å². The molecule has 3 aromatic rings. The minimum absolute atomic E-state index is 0. The van der Waals surface area contributed by atoms with Crippen molar-refractivity contribution in [2.45, 2.75) is 33.0 Å². The van der Waals surface area contributed by atoms with E-state index in [2.05, 4.69) is 20.6 Å². The molecular weight excluding hydrogens is 444 g/mol. The molecule has 3 rings (SSSR count). The summed E-state index contributed by atoms with van der Waals surface area (Å²) in [6.07, 6.45) is 0.807. The van der Waals surface area contributed by atoms with Gasteiger partial charge in [-0.15, -0.1) is 12.4 Å². The third-order valence-corrected chi connectivity index (χ3v) is 4.09. The van der Waals surface area contributed by atoms with Gasteiger partial charge in [-0.1, -0.05) is 60.7 Å². The largest absolute Gasteiger partial charge is 0.459 e. The number of nitrogens with one attached hydrogen (secondary N) is 2. The molecule has 0 saturated carbocycles. The van der Waals surface area contributed by atoms with E-state index < -0.39 is 17.7 Å². The Kier molecular flexibility index (Phi) is 9.18. The molecule has 1 amide bonds. The van der Waals surface area contributed by atoms with Gasteiger partial charge < -0.3 is 14.8 Å². The Hall–Kier alpha value is -3.65. The Morgan fingerprint density at radius 2 is 1.61 bits per heavy atom. The zero-order chi connectivity index (χ0) is 23.0. The van der Waals surface area contributed by atoms with Gasteiger partial charge in [0.05, 0.1) is 6.20 Å². The zero-order valence-electron chi connectivity index (χ0n) is 18.7. The number of amides is 1. The molecule has 9 heteroatoms. The van der Waals surface area contributed by atoms with Gasteiger partial charge in [0.2, 0.25) is 0 Å². The lowest BCUT2D eigenvalue weighted by atomic mass is 10.2. The number of aromatic nitrogens is 2. The highest BCUT2D eigenvalue weighted by Gasteiger charge is 2.18. The summed E-state index contributed by atoms with van der Waals surface area (Å²) in [6, 6.07) is 18.7. The second kappa shape index (κ2) is 11.8. The first-order valence-corrected chi connectivity index (χ1v) is 10.2. The van der Waals surface area contributed by atoms with Crippen LogP contribution >= 0.6 is 12.4 Å². The summed E-state index contributed by atoms with van der Waals surface area (Å²) < 4.78 is 10.6. The third-order valence-electron chi connectivity index (χ3n) is 4.09. The average Bonchev–Trinajstić information content (AvgIpc) is 2.77. The Bertz CT molecular complexity index is 1060. The molecular formula is C24H27ClN4O4. The molecule has 0 aliphatic carbocycles. The van der Waals surface area contributed by atoms with Gasteiger partial charge >= 0.3 is 12.1 Å². The van der Waals surface area contributed by atoms with Gasteiger partial charge in [0.15, 0.2) is 11.6 Å². The van der Waals surface area contributed by atoms with Crippen LogP contribution in [-0.2, 0) is 20.9 Å². The molecule has 8 nitrogen and oxygen atoms in total. The van der Waals surface area contributed by atoms with Crippen molar-refractivity contribution in [3.05, 3.63) is 72.4 Å². The lowest BCUT2D eigenvalue weighted by Crippen LogP contribution is -2.28. The van der Waals surface area contributed by atoms with Gasteiger partial charge in [0, 0.05) is 5.56 Å². The first kappa shape index (κ1) is 25.6. The Morgan fingerprint density at radius 1 is 0.970 bits per heavy atom. The van der Waals surface area contributed by atoms with Crippen LogP contribution in [0.15, 0.2) is 66.9 Å². The van der Waals surface area contributed by atoms with E-state index in [9.17, 15) is 9.59 Å². The van der Waals surface area contributed by atoms with E-state index in [1.165, 1.54) is 6.20 Å². The monoisotopic (exact) mass is 470 g/mol. The first-order chi connectivity index (χ1) is 15.3. The molecule has 2 N–H and O–H groups in total. The quantitative estimate of drug-likeness (QED) is 0.465. The van der Waals surface area contributed by atoms with E-state index in [4.69, 9.17) is 9.47 Å². The van der Waals surface area contributed by atoms with E-state index in [1.54, 1.807) is 20.8 Å². The Balaban J connectivity index is 0.00000385. The van der Waals surface area contributed by atoms with Gasteiger partial charge in [-0.25, -0.2) is 14.8 Å². The predicted molar refractivity (Wildman–Crippen MR) is 129 cm³/mol. The molecule has 0 spiro atoms. The number of benzene rings is 2. The highest BCUT2D eigenvalue weighted by atomic mass is 35.5. The summed E-state index contributed by atoms with van der Waals surface area (Å²) in [7, 11) is 0. The van der Waals surface area contributed by atoms with Crippen molar-refractivity contribution in [3.8, 4) is 11.4 Å². The van der Waals surface area contributed by atoms with Crippen LogP contribution in [-0.4, -0.2) is 34.2 Å². The van der Waals surface area contributed by atoms with Crippen LogP contribution in [0.25, 0.3) is 11.4 Å². The number of carbonyl (C=O) groups excluding carboxylic acids is 2. The number of carbonyl (C=O) groups is 2. The molecule has 0 aliphatic heterocycles. The number of nitrogens with zero attached hydrogens (tertiary/aromatic N) is 2. The fraction of sp³-hybridized carbons (Fsp3) is 0.250. The predicted octanol–water partition coefficient (Wildman–Crippen LogP) is 5.07. The molecule has 0 fully saturated rings. The lowest BCUT2D eigenvalue weighted by molar-refractivity contribution is -0.152. The summed E-state index contributed by atoms with van der Waals surface area (Å²) in [4.78, 5) is 33.3. The minimum atomic E-state index is -0.662. The van der Waals surface area contributed by atoms with Gasteiger partial charge in [0.25, 0.3) is 0 Å². The maximum atomic E-state index is 12.3. The smallest absolute Gasteiger partial charge is 0.412 e. The van der Waals surface area contributed by atoms with Crippen molar-refractivity contribution < 1.29 is 19.1 Å². The van der Waals surface area contributed by atoms with Crippen LogP contribution in [0.5, 0.6) is 0 Å². The SMILES string of the molecule is CC(C)(C)OC(=O)CNc1nc(-c2ccccc2)ncc1NC(=O)OCc1ccccc1.Cl. The number of anilines is 2. The number of halogens is 1. The normalized spacial score (nSPS) is 10.5. The fourth-order valence-corrected chi connectivity index (χ4v) is 2.74. The van der Waals surface area contributed by atoms with Crippen LogP contribution < -0.4 is 10.6 Å². The number of esters is 1. The summed E-state index contributed by atoms with van der Waals surface area (Å²) in [5, 5.41) is 5.56. The molecule has 174 valence electrons. The third kappa shape index (κ3) is 8.42. The van der Waals surface area contributed by atoms with Gasteiger partial charge in [-0.3, -0.25) is 10.1 Å². The molecule has 0 aliphatic rings. The number of rotatable bonds is 7. The highest BCUT2D eigenvalue weighted by molar-refractivity contribution is 5.89. The van der Waals surface area contributed by atoms with Crippen LogP contribution in [0.3, 0.4) is 0 Å². The van der Waals surface area contributed by atoms with Crippen molar-refractivity contribution in [2.75, 3.05) is 17.2 Å². The number of hydrogen-bond acceptors (Lipinski definition) is 7. The molecule has 0 bridgehead atoms. The molecule has 0 saturated heterocycles. The zero-order valence-corrected chi connectivity index (χ0v) is 19.5. The topological polar surface area (TPSA) is 102 Å². The summed E-state index contributed by atoms with van der Waals surface area (Å²) in [6.45, 7) is 5.36. The van der Waals surface area contributed by atoms with Crippen LogP contribution in [0.4, 0.5) is 16.3 Å². The molecule has 0 atom stereocenters. The van der Waals surface area contributed by atoms with Crippen molar-refractivity contribution in [1.82, 2.24) is 9.97 Å². The van der Waals surface area contributed by atoms with E-state index in [0.717, 1.165) is 11.1 Å². The van der Waals surface area contributed by atoms with Crippen molar-refractivity contribution in [2.24, 2.45) is 0 Å². The first-order valence-electron chi connectivity index (χ1n) is 10.2. The van der Waals surface area contributed by atoms with Crippen LogP contribution in [0.2, 0.25) is 0 Å². The van der Waals surface area contributed by atoms with Gasteiger partial charge in [-0.05, 0) is 26.3 Å². The molecule has 2 aromatic carbocycles. The Labute approximate surface area is 199 Å². The van der Waals surface area contributed by atoms with Crippen molar-refractivity contribution >= 4 is 36.0 Å². The molecule has 1 heterocycles. The maximum Gasteiger partial charge on any atom is 0.412 e. The van der Waals surface area contributed by atoms with Crippen molar-refractivity contribution in [1.29, 1.82) is 0 Å². The highest BCUT2D eigenvalue weighted by Crippen LogP contribution is 2.23.